The summed E-state index contributed by atoms with van der Waals surface area (Å²) < 4.78 is 5.27. The van der Waals surface area contributed by atoms with E-state index < -0.39 is 0 Å². The largest absolute Gasteiger partial charge is 0.465 e. The molecule has 3 nitrogen and oxygen atoms in total. The molecule has 2 aliphatic rings. The molecule has 1 saturated carbocycles. The van der Waals surface area contributed by atoms with Crippen LogP contribution in [0.2, 0.25) is 0 Å². The van der Waals surface area contributed by atoms with Crippen molar-refractivity contribution in [3.05, 3.63) is 0 Å². The van der Waals surface area contributed by atoms with E-state index in [4.69, 9.17) is 4.74 Å². The molecule has 80 valence electrons. The minimum Gasteiger partial charge on any atom is -0.465 e. The predicted octanol–water partition coefficient (Wildman–Crippen LogP) is 1.33. The molecule has 1 heterocycles. The van der Waals surface area contributed by atoms with Crippen LogP contribution in [0, 0.1) is 11.8 Å². The van der Waals surface area contributed by atoms with Crippen LogP contribution < -0.4 is 5.32 Å². The van der Waals surface area contributed by atoms with Crippen molar-refractivity contribution in [2.75, 3.05) is 13.2 Å². The summed E-state index contributed by atoms with van der Waals surface area (Å²) in [5.41, 5.74) is 0. The number of hydrogen-bond acceptors (Lipinski definition) is 3. The van der Waals surface area contributed by atoms with E-state index in [0.29, 0.717) is 12.6 Å². The third kappa shape index (κ3) is 2.47. The molecule has 2 atom stereocenters. The average molecular weight is 197 g/mol. The van der Waals surface area contributed by atoms with E-state index in [1.807, 2.05) is 0 Å². The molecule has 14 heavy (non-hydrogen) atoms. The van der Waals surface area contributed by atoms with E-state index in [1.165, 1.54) is 12.8 Å². The number of esters is 1. The van der Waals surface area contributed by atoms with Crippen LogP contribution in [0.25, 0.3) is 0 Å². The third-order valence-corrected chi connectivity index (χ3v) is 3.30. The van der Waals surface area contributed by atoms with Gasteiger partial charge < -0.3 is 10.1 Å². The van der Waals surface area contributed by atoms with Gasteiger partial charge in [-0.3, -0.25) is 4.79 Å². The van der Waals surface area contributed by atoms with Gasteiger partial charge in [-0.05, 0) is 32.2 Å². The van der Waals surface area contributed by atoms with Gasteiger partial charge in [-0.2, -0.15) is 0 Å². The zero-order chi connectivity index (χ0) is 9.97. The monoisotopic (exact) mass is 197 g/mol. The molecule has 2 unspecified atom stereocenters. The summed E-state index contributed by atoms with van der Waals surface area (Å²) in [6.45, 7) is 3.64. The minimum absolute atomic E-state index is 0.00292. The summed E-state index contributed by atoms with van der Waals surface area (Å²) in [4.78, 5) is 11.6. The molecular formula is C11H19NO2. The Morgan fingerprint density at radius 2 is 2.21 bits per heavy atom. The van der Waals surface area contributed by atoms with Crippen molar-refractivity contribution in [3.8, 4) is 0 Å². The van der Waals surface area contributed by atoms with Crippen molar-refractivity contribution in [2.45, 2.75) is 38.6 Å². The summed E-state index contributed by atoms with van der Waals surface area (Å²) in [5, 5.41) is 3.26. The second kappa shape index (κ2) is 4.30. The second-order valence-corrected chi connectivity index (χ2v) is 4.54. The Labute approximate surface area is 85.2 Å². The molecule has 1 N–H and O–H groups in total. The van der Waals surface area contributed by atoms with Gasteiger partial charge in [0, 0.05) is 6.04 Å². The highest BCUT2D eigenvalue weighted by atomic mass is 16.5. The molecule has 0 aromatic rings. The van der Waals surface area contributed by atoms with Crippen LogP contribution in [0.15, 0.2) is 0 Å². The Bertz CT molecular complexity index is 213. The standard InChI is InChI=1S/C11H19NO2/c1-8-10(4-6-12-8)11(13)14-7-5-9-2-3-9/h8-10,12H,2-7H2,1H3. The molecule has 0 amide bonds. The van der Waals surface area contributed by atoms with E-state index in [-0.39, 0.29) is 11.9 Å². The third-order valence-electron chi connectivity index (χ3n) is 3.30. The second-order valence-electron chi connectivity index (χ2n) is 4.54. The molecule has 3 heteroatoms. The van der Waals surface area contributed by atoms with Crippen molar-refractivity contribution >= 4 is 5.97 Å². The molecule has 0 aromatic carbocycles. The Morgan fingerprint density at radius 3 is 2.79 bits per heavy atom. The molecular weight excluding hydrogens is 178 g/mol. The molecule has 1 aliphatic heterocycles. The van der Waals surface area contributed by atoms with Gasteiger partial charge in [0.05, 0.1) is 12.5 Å². The molecule has 0 spiro atoms. The summed E-state index contributed by atoms with van der Waals surface area (Å²) >= 11 is 0. The van der Waals surface area contributed by atoms with Gasteiger partial charge in [0.2, 0.25) is 0 Å². The zero-order valence-corrected chi connectivity index (χ0v) is 8.79. The first kappa shape index (κ1) is 9.97. The SMILES string of the molecule is CC1NCCC1C(=O)OCCC1CC1. The number of rotatable bonds is 4. The van der Waals surface area contributed by atoms with Crippen molar-refractivity contribution in [1.82, 2.24) is 5.32 Å². The van der Waals surface area contributed by atoms with Crippen LogP contribution in [0.1, 0.15) is 32.6 Å². The van der Waals surface area contributed by atoms with Gasteiger partial charge in [0.15, 0.2) is 0 Å². The lowest BCUT2D eigenvalue weighted by Gasteiger charge is -2.13. The van der Waals surface area contributed by atoms with Crippen LogP contribution >= 0.6 is 0 Å². The summed E-state index contributed by atoms with van der Waals surface area (Å²) in [6.07, 6.45) is 4.67. The van der Waals surface area contributed by atoms with Crippen molar-refractivity contribution in [2.24, 2.45) is 11.8 Å². The Morgan fingerprint density at radius 1 is 1.43 bits per heavy atom. The Balaban J connectivity index is 1.65. The first-order valence-corrected chi connectivity index (χ1v) is 5.67. The molecule has 1 aliphatic carbocycles. The Hall–Kier alpha value is -0.570. The number of nitrogens with one attached hydrogen (secondary N) is 1. The van der Waals surface area contributed by atoms with Crippen molar-refractivity contribution in [3.63, 3.8) is 0 Å². The smallest absolute Gasteiger partial charge is 0.310 e. The fourth-order valence-electron chi connectivity index (χ4n) is 2.02. The fourth-order valence-corrected chi connectivity index (χ4v) is 2.02. The lowest BCUT2D eigenvalue weighted by molar-refractivity contribution is -0.148. The number of ether oxygens (including phenoxy) is 1. The lowest BCUT2D eigenvalue weighted by Crippen LogP contribution is -2.29. The highest BCUT2D eigenvalue weighted by Crippen LogP contribution is 2.32. The highest BCUT2D eigenvalue weighted by molar-refractivity contribution is 5.73. The van der Waals surface area contributed by atoms with E-state index in [2.05, 4.69) is 12.2 Å². The number of hydrogen-bond donors (Lipinski definition) is 1. The van der Waals surface area contributed by atoms with Crippen LogP contribution in [0.5, 0.6) is 0 Å². The van der Waals surface area contributed by atoms with E-state index in [1.54, 1.807) is 0 Å². The number of carbonyl (C=O) groups excluding carboxylic acids is 1. The maximum Gasteiger partial charge on any atom is 0.310 e. The van der Waals surface area contributed by atoms with Gasteiger partial charge in [0.25, 0.3) is 0 Å². The highest BCUT2D eigenvalue weighted by Gasteiger charge is 2.31. The van der Waals surface area contributed by atoms with Crippen LogP contribution in [-0.2, 0) is 9.53 Å². The first-order valence-electron chi connectivity index (χ1n) is 5.67. The van der Waals surface area contributed by atoms with Gasteiger partial charge in [0.1, 0.15) is 0 Å². The van der Waals surface area contributed by atoms with Gasteiger partial charge in [-0.1, -0.05) is 12.8 Å². The average Bonchev–Trinajstić information content (AvgIpc) is 2.87. The molecule has 0 radical (unpaired) electrons. The van der Waals surface area contributed by atoms with Gasteiger partial charge in [-0.15, -0.1) is 0 Å². The maximum atomic E-state index is 11.6. The number of carbonyl (C=O) groups is 1. The van der Waals surface area contributed by atoms with Crippen LogP contribution in [-0.4, -0.2) is 25.2 Å². The topological polar surface area (TPSA) is 38.3 Å². The fraction of sp³-hybridized carbons (Fsp3) is 0.909. The molecule has 1 saturated heterocycles. The molecule has 0 aromatic heterocycles. The molecule has 0 bridgehead atoms. The van der Waals surface area contributed by atoms with Crippen molar-refractivity contribution in [1.29, 1.82) is 0 Å². The maximum absolute atomic E-state index is 11.6. The zero-order valence-electron chi connectivity index (χ0n) is 8.79. The Kier molecular flexibility index (Phi) is 3.06. The summed E-state index contributed by atoms with van der Waals surface area (Å²) in [6, 6.07) is 0.295. The predicted molar refractivity (Wildman–Crippen MR) is 53.9 cm³/mol. The van der Waals surface area contributed by atoms with E-state index >= 15 is 0 Å². The first-order chi connectivity index (χ1) is 6.77. The van der Waals surface area contributed by atoms with E-state index in [0.717, 1.165) is 25.3 Å². The van der Waals surface area contributed by atoms with Crippen molar-refractivity contribution < 1.29 is 9.53 Å². The van der Waals surface area contributed by atoms with Gasteiger partial charge >= 0.3 is 5.97 Å². The summed E-state index contributed by atoms with van der Waals surface area (Å²) in [5.74, 6) is 0.944. The normalized spacial score (nSPS) is 31.8. The quantitative estimate of drug-likeness (QED) is 0.691. The molecule has 2 rings (SSSR count). The lowest BCUT2D eigenvalue weighted by atomic mass is 10.0. The van der Waals surface area contributed by atoms with E-state index in [9.17, 15) is 4.79 Å². The van der Waals surface area contributed by atoms with Gasteiger partial charge in [-0.25, -0.2) is 0 Å². The minimum atomic E-state index is 0.00292. The summed E-state index contributed by atoms with van der Waals surface area (Å²) in [7, 11) is 0. The van der Waals surface area contributed by atoms with Crippen LogP contribution in [0.3, 0.4) is 0 Å². The molecule has 2 fully saturated rings. The van der Waals surface area contributed by atoms with Crippen LogP contribution in [0.4, 0.5) is 0 Å².